The van der Waals surface area contributed by atoms with Gasteiger partial charge in [-0.25, -0.2) is 0 Å². The number of carbonyl (C=O) groups excluding carboxylic acids is 2. The van der Waals surface area contributed by atoms with Crippen molar-refractivity contribution in [2.45, 2.75) is 58.5 Å². The molecular weight excluding hydrogens is 489 g/mol. The number of rotatable bonds is 3. The zero-order valence-electron chi connectivity index (χ0n) is 19.8. The Balaban J connectivity index is 1.76. The maximum atomic E-state index is 13.4. The highest BCUT2D eigenvalue weighted by atomic mass is 35.5. The number of halogens is 2. The summed E-state index contributed by atoms with van der Waals surface area (Å²) in [5.74, 6) is -0.752. The average Bonchev–Trinajstić information content (AvgIpc) is 2.73. The summed E-state index contributed by atoms with van der Waals surface area (Å²) in [5.41, 5.74) is 3.51. The van der Waals surface area contributed by atoms with Gasteiger partial charge < -0.3 is 4.90 Å². The van der Waals surface area contributed by atoms with Crippen LogP contribution in [0.1, 0.15) is 58.1 Å². The van der Waals surface area contributed by atoms with Crippen molar-refractivity contribution in [3.8, 4) is 0 Å². The van der Waals surface area contributed by atoms with E-state index in [0.29, 0.717) is 22.7 Å². The van der Waals surface area contributed by atoms with Gasteiger partial charge in [0, 0.05) is 17.3 Å². The van der Waals surface area contributed by atoms with Crippen LogP contribution in [-0.2, 0) is 9.59 Å². The van der Waals surface area contributed by atoms with Crippen LogP contribution in [0.4, 0.5) is 11.4 Å². The standard InChI is InChI=1S/C26H27Cl2N3O2S/c1-14(2)31-20-10-9-16(11-17(20)15(3)13-26(31,4)5)12-18-23(32)29-25(34)30(24(18)33)21-8-6-7-19(27)22(21)28/h6-12,14-15H,13H2,1-5H3,(H,29,32,34)/b18-12+/t15-/m0/s1. The van der Waals surface area contributed by atoms with Crippen molar-refractivity contribution < 1.29 is 9.59 Å². The van der Waals surface area contributed by atoms with Crippen molar-refractivity contribution in [2.24, 2.45) is 0 Å². The van der Waals surface area contributed by atoms with E-state index in [-0.39, 0.29) is 21.2 Å². The van der Waals surface area contributed by atoms with Gasteiger partial charge in [-0.15, -0.1) is 0 Å². The first-order chi connectivity index (χ1) is 15.9. The Morgan fingerprint density at radius 1 is 1.15 bits per heavy atom. The number of thiocarbonyl (C=S) groups is 1. The third-order valence-corrected chi connectivity index (χ3v) is 7.49. The Labute approximate surface area is 215 Å². The third-order valence-electron chi connectivity index (χ3n) is 6.40. The van der Waals surface area contributed by atoms with E-state index in [1.807, 2.05) is 6.07 Å². The number of carbonyl (C=O) groups is 2. The lowest BCUT2D eigenvalue weighted by molar-refractivity contribution is -0.122. The molecule has 4 rings (SSSR count). The van der Waals surface area contributed by atoms with Crippen LogP contribution in [-0.4, -0.2) is 28.5 Å². The highest BCUT2D eigenvalue weighted by Gasteiger charge is 2.38. The molecule has 0 aliphatic carbocycles. The predicted molar refractivity (Wildman–Crippen MR) is 144 cm³/mol. The quantitative estimate of drug-likeness (QED) is 0.295. The summed E-state index contributed by atoms with van der Waals surface area (Å²) in [6.07, 6.45) is 2.62. The fourth-order valence-electron chi connectivity index (χ4n) is 5.25. The minimum absolute atomic E-state index is 0.0194. The summed E-state index contributed by atoms with van der Waals surface area (Å²) < 4.78 is 0. The first-order valence-corrected chi connectivity index (χ1v) is 12.4. The molecule has 0 radical (unpaired) electrons. The van der Waals surface area contributed by atoms with Gasteiger partial charge in [-0.1, -0.05) is 42.3 Å². The van der Waals surface area contributed by atoms with E-state index in [9.17, 15) is 9.59 Å². The van der Waals surface area contributed by atoms with E-state index in [4.69, 9.17) is 35.4 Å². The fourth-order valence-corrected chi connectivity index (χ4v) is 5.90. The molecule has 5 nitrogen and oxygen atoms in total. The molecule has 1 saturated heterocycles. The molecule has 1 atom stereocenters. The van der Waals surface area contributed by atoms with Gasteiger partial charge in [-0.05, 0) is 93.7 Å². The van der Waals surface area contributed by atoms with Crippen molar-refractivity contribution in [2.75, 3.05) is 9.80 Å². The van der Waals surface area contributed by atoms with Gasteiger partial charge in [0.25, 0.3) is 11.8 Å². The van der Waals surface area contributed by atoms with Crippen molar-refractivity contribution >= 4 is 69.8 Å². The monoisotopic (exact) mass is 515 g/mol. The number of anilines is 2. The van der Waals surface area contributed by atoms with E-state index < -0.39 is 11.8 Å². The van der Waals surface area contributed by atoms with Crippen molar-refractivity contribution in [1.29, 1.82) is 0 Å². The van der Waals surface area contributed by atoms with Crippen LogP contribution in [0.15, 0.2) is 42.0 Å². The summed E-state index contributed by atoms with van der Waals surface area (Å²) in [7, 11) is 0. The maximum absolute atomic E-state index is 13.4. The highest BCUT2D eigenvalue weighted by Crippen LogP contribution is 2.45. The van der Waals surface area contributed by atoms with Crippen molar-refractivity contribution in [1.82, 2.24) is 5.32 Å². The highest BCUT2D eigenvalue weighted by molar-refractivity contribution is 7.80. The van der Waals surface area contributed by atoms with E-state index in [1.165, 1.54) is 16.2 Å². The zero-order valence-corrected chi connectivity index (χ0v) is 22.1. The molecule has 0 spiro atoms. The Morgan fingerprint density at radius 2 is 1.85 bits per heavy atom. The number of nitrogens with one attached hydrogen (secondary N) is 1. The number of hydrogen-bond donors (Lipinski definition) is 1. The molecular formula is C26H27Cl2N3O2S. The Bertz CT molecular complexity index is 1240. The van der Waals surface area contributed by atoms with Gasteiger partial charge in [0.1, 0.15) is 5.57 Å². The Morgan fingerprint density at radius 3 is 2.53 bits per heavy atom. The number of hydrogen-bond acceptors (Lipinski definition) is 4. The molecule has 8 heteroatoms. The molecule has 1 fully saturated rings. The lowest BCUT2D eigenvalue weighted by atomic mass is 9.78. The normalized spacial score (nSPS) is 21.2. The van der Waals surface area contributed by atoms with E-state index in [0.717, 1.165) is 12.0 Å². The molecule has 2 aromatic rings. The molecule has 2 heterocycles. The van der Waals surface area contributed by atoms with Crippen LogP contribution in [0.2, 0.25) is 10.0 Å². The number of nitrogens with zero attached hydrogens (tertiary/aromatic N) is 2. The molecule has 2 aromatic carbocycles. The van der Waals surface area contributed by atoms with Gasteiger partial charge >= 0.3 is 0 Å². The maximum Gasteiger partial charge on any atom is 0.270 e. The van der Waals surface area contributed by atoms with Gasteiger partial charge in [-0.2, -0.15) is 0 Å². The van der Waals surface area contributed by atoms with E-state index in [2.05, 4.69) is 57.0 Å². The van der Waals surface area contributed by atoms with Crippen LogP contribution >= 0.6 is 35.4 Å². The molecule has 2 amide bonds. The molecule has 0 saturated carbocycles. The summed E-state index contributed by atoms with van der Waals surface area (Å²) in [6.45, 7) is 11.1. The molecule has 2 aliphatic heterocycles. The van der Waals surface area contributed by atoms with Crippen LogP contribution in [0.3, 0.4) is 0 Å². The molecule has 178 valence electrons. The van der Waals surface area contributed by atoms with Crippen LogP contribution in [0.5, 0.6) is 0 Å². The molecule has 0 unspecified atom stereocenters. The first-order valence-electron chi connectivity index (χ1n) is 11.2. The fraction of sp³-hybridized carbons (Fsp3) is 0.346. The van der Waals surface area contributed by atoms with Gasteiger partial charge in [0.2, 0.25) is 0 Å². The number of amides is 2. The summed E-state index contributed by atoms with van der Waals surface area (Å²) in [4.78, 5) is 29.8. The second-order valence-corrected chi connectivity index (χ2v) is 10.9. The SMILES string of the molecule is CC(C)N1c2ccc(/C=C3\C(=O)NC(=S)N(c4cccc(Cl)c4Cl)C3=O)cc2[C@@H](C)CC1(C)C. The lowest BCUT2D eigenvalue weighted by Crippen LogP contribution is -2.54. The molecule has 2 aliphatic rings. The summed E-state index contributed by atoms with van der Waals surface area (Å²) in [6, 6.07) is 11.4. The number of benzene rings is 2. The largest absolute Gasteiger partial charge is 0.364 e. The van der Waals surface area contributed by atoms with Crippen LogP contribution < -0.4 is 15.1 Å². The lowest BCUT2D eigenvalue weighted by Gasteiger charge is -2.50. The smallest absolute Gasteiger partial charge is 0.270 e. The molecule has 34 heavy (non-hydrogen) atoms. The van der Waals surface area contributed by atoms with Crippen LogP contribution in [0, 0.1) is 0 Å². The first kappa shape index (κ1) is 24.7. The van der Waals surface area contributed by atoms with Gasteiger partial charge in [0.05, 0.1) is 15.7 Å². The molecule has 1 N–H and O–H groups in total. The van der Waals surface area contributed by atoms with Gasteiger partial charge in [-0.3, -0.25) is 19.8 Å². The van der Waals surface area contributed by atoms with Crippen molar-refractivity contribution in [3.63, 3.8) is 0 Å². The van der Waals surface area contributed by atoms with E-state index in [1.54, 1.807) is 24.3 Å². The number of fused-ring (bicyclic) bond motifs is 1. The minimum Gasteiger partial charge on any atom is -0.364 e. The van der Waals surface area contributed by atoms with Crippen molar-refractivity contribution in [3.05, 3.63) is 63.1 Å². The summed E-state index contributed by atoms with van der Waals surface area (Å²) >= 11 is 17.8. The zero-order chi connectivity index (χ0) is 24.9. The van der Waals surface area contributed by atoms with E-state index >= 15 is 0 Å². The Hall–Kier alpha value is -2.41. The molecule has 0 aromatic heterocycles. The topological polar surface area (TPSA) is 52.7 Å². The second-order valence-electron chi connectivity index (χ2n) is 9.73. The minimum atomic E-state index is -0.548. The average molecular weight is 516 g/mol. The van der Waals surface area contributed by atoms with Crippen LogP contribution in [0.25, 0.3) is 6.08 Å². The summed E-state index contributed by atoms with van der Waals surface area (Å²) in [5, 5.41) is 3.04. The predicted octanol–water partition coefficient (Wildman–Crippen LogP) is 6.33. The second kappa shape index (κ2) is 8.99. The Kier molecular flexibility index (Phi) is 6.53. The third kappa shape index (κ3) is 4.23. The van der Waals surface area contributed by atoms with Gasteiger partial charge in [0.15, 0.2) is 5.11 Å². The molecule has 0 bridgehead atoms.